The monoisotopic (exact) mass is 352 g/mol. The van der Waals surface area contributed by atoms with Gasteiger partial charge in [-0.1, -0.05) is 6.92 Å². The summed E-state index contributed by atoms with van der Waals surface area (Å²) in [6.45, 7) is 6.97. The molecule has 0 aromatic carbocycles. The molecule has 0 aliphatic heterocycles. The predicted octanol–water partition coefficient (Wildman–Crippen LogP) is 2.46. The molecule has 0 bridgehead atoms. The molecule has 0 amide bonds. The molecule has 0 saturated heterocycles. The molecule has 0 saturated carbocycles. The van der Waals surface area contributed by atoms with Crippen molar-refractivity contribution in [2.75, 3.05) is 7.11 Å². The zero-order chi connectivity index (χ0) is 18.0. The molecule has 0 N–H and O–H groups in total. The fraction of sp³-hybridized carbons (Fsp3) is 0.500. The molecular formula is C16H20N2O5S. The van der Waals surface area contributed by atoms with Crippen LogP contribution in [-0.4, -0.2) is 34.7 Å². The van der Waals surface area contributed by atoms with Gasteiger partial charge in [-0.3, -0.25) is 9.36 Å². The number of carbonyl (C=O) groups is 2. The molecule has 2 rings (SSSR count). The van der Waals surface area contributed by atoms with E-state index >= 15 is 0 Å². The maximum absolute atomic E-state index is 12.8. The minimum absolute atomic E-state index is 0.271. The number of carbonyl (C=O) groups excluding carboxylic acids is 2. The summed E-state index contributed by atoms with van der Waals surface area (Å²) in [5.74, 6) is -0.982. The molecule has 7 nitrogen and oxygen atoms in total. The van der Waals surface area contributed by atoms with Gasteiger partial charge in [0.05, 0.1) is 24.9 Å². The van der Waals surface area contributed by atoms with E-state index in [9.17, 15) is 14.4 Å². The van der Waals surface area contributed by atoms with Crippen molar-refractivity contribution in [1.29, 1.82) is 0 Å². The highest BCUT2D eigenvalue weighted by atomic mass is 32.1. The van der Waals surface area contributed by atoms with Crippen LogP contribution in [0.2, 0.25) is 0 Å². The number of aromatic nitrogens is 2. The first-order valence-electron chi connectivity index (χ1n) is 7.60. The molecule has 0 aliphatic carbocycles. The van der Waals surface area contributed by atoms with Crippen LogP contribution in [0.25, 0.3) is 10.2 Å². The zero-order valence-corrected chi connectivity index (χ0v) is 15.1. The van der Waals surface area contributed by atoms with Crippen LogP contribution >= 0.6 is 11.3 Å². The number of esters is 2. The number of ether oxygens (including phenoxy) is 2. The maximum Gasteiger partial charge on any atom is 0.348 e. The van der Waals surface area contributed by atoms with Crippen LogP contribution in [0.1, 0.15) is 48.5 Å². The Morgan fingerprint density at radius 3 is 2.58 bits per heavy atom. The molecule has 0 radical (unpaired) electrons. The number of hydrogen-bond donors (Lipinski definition) is 0. The summed E-state index contributed by atoms with van der Waals surface area (Å²) in [6, 6.07) is -0.752. The highest BCUT2D eigenvalue weighted by molar-refractivity contribution is 7.20. The zero-order valence-electron chi connectivity index (χ0n) is 14.3. The fourth-order valence-corrected chi connectivity index (χ4v) is 3.49. The minimum atomic E-state index is -0.752. The molecule has 0 spiro atoms. The normalized spacial score (nSPS) is 12.4. The first kappa shape index (κ1) is 18.1. The van der Waals surface area contributed by atoms with Gasteiger partial charge in [0, 0.05) is 0 Å². The number of aryl methyl sites for hydroxylation is 1. The van der Waals surface area contributed by atoms with Gasteiger partial charge in [0.15, 0.2) is 0 Å². The van der Waals surface area contributed by atoms with Crippen molar-refractivity contribution in [2.24, 2.45) is 0 Å². The third-order valence-electron chi connectivity index (χ3n) is 3.59. The summed E-state index contributed by atoms with van der Waals surface area (Å²) in [7, 11) is 1.28. The Morgan fingerprint density at radius 1 is 1.38 bits per heavy atom. The van der Waals surface area contributed by atoms with E-state index in [1.165, 1.54) is 18.0 Å². The molecule has 8 heteroatoms. The first-order chi connectivity index (χ1) is 11.3. The summed E-state index contributed by atoms with van der Waals surface area (Å²) in [5.41, 5.74) is 0.150. The Morgan fingerprint density at radius 2 is 2.04 bits per heavy atom. The van der Waals surface area contributed by atoms with Crippen molar-refractivity contribution in [2.45, 2.75) is 46.3 Å². The Kier molecular flexibility index (Phi) is 5.38. The molecule has 24 heavy (non-hydrogen) atoms. The van der Waals surface area contributed by atoms with Crippen LogP contribution in [0.15, 0.2) is 11.1 Å². The van der Waals surface area contributed by atoms with Gasteiger partial charge in [0.2, 0.25) is 0 Å². The number of fused-ring (bicyclic) bond motifs is 1. The minimum Gasteiger partial charge on any atom is -0.465 e. The van der Waals surface area contributed by atoms with Crippen molar-refractivity contribution in [3.63, 3.8) is 0 Å². The van der Waals surface area contributed by atoms with Crippen LogP contribution in [0, 0.1) is 6.92 Å². The molecule has 2 aromatic rings. The van der Waals surface area contributed by atoms with Crippen LogP contribution in [0.5, 0.6) is 0 Å². The highest BCUT2D eigenvalue weighted by Gasteiger charge is 2.26. The number of thiophene rings is 1. The first-order valence-corrected chi connectivity index (χ1v) is 8.42. The number of nitrogens with zero attached hydrogens (tertiary/aromatic N) is 2. The fourth-order valence-electron chi connectivity index (χ4n) is 2.43. The van der Waals surface area contributed by atoms with Crippen molar-refractivity contribution in [3.8, 4) is 0 Å². The standard InChI is InChI=1S/C16H20N2O5S/c1-6-10(15(20)23-8(2)3)18-7-17-13-11(14(18)19)9(4)12(24-13)16(21)22-5/h7-8,10H,6H2,1-5H3/t10-/m0/s1. The number of hydrogen-bond acceptors (Lipinski definition) is 7. The highest BCUT2D eigenvalue weighted by Crippen LogP contribution is 2.28. The van der Waals surface area contributed by atoms with E-state index < -0.39 is 18.0 Å². The van der Waals surface area contributed by atoms with Crippen LogP contribution in [0.3, 0.4) is 0 Å². The SMILES string of the molecule is CC[C@@H](C(=O)OC(C)C)n1cnc2sc(C(=O)OC)c(C)c2c1=O. The topological polar surface area (TPSA) is 87.5 Å². The van der Waals surface area contributed by atoms with Crippen molar-refractivity contribution in [3.05, 3.63) is 27.1 Å². The van der Waals surface area contributed by atoms with E-state index in [0.717, 1.165) is 11.3 Å². The quantitative estimate of drug-likeness (QED) is 0.768. The van der Waals surface area contributed by atoms with Gasteiger partial charge in [0.25, 0.3) is 5.56 Å². The van der Waals surface area contributed by atoms with Gasteiger partial charge in [-0.2, -0.15) is 0 Å². The summed E-state index contributed by atoms with van der Waals surface area (Å²) in [5, 5.41) is 0.332. The van der Waals surface area contributed by atoms with Crippen LogP contribution in [-0.2, 0) is 14.3 Å². The third kappa shape index (κ3) is 3.19. The molecule has 0 aliphatic rings. The molecule has 130 valence electrons. The average Bonchev–Trinajstić information content (AvgIpc) is 2.86. The summed E-state index contributed by atoms with van der Waals surface area (Å²) < 4.78 is 11.2. The summed E-state index contributed by atoms with van der Waals surface area (Å²) in [4.78, 5) is 41.9. The van der Waals surface area contributed by atoms with E-state index in [2.05, 4.69) is 4.98 Å². The van der Waals surface area contributed by atoms with Gasteiger partial charge in [-0.25, -0.2) is 14.6 Å². The number of methoxy groups -OCH3 is 1. The van der Waals surface area contributed by atoms with E-state index in [1.54, 1.807) is 27.7 Å². The van der Waals surface area contributed by atoms with E-state index in [1.807, 2.05) is 0 Å². The van der Waals surface area contributed by atoms with E-state index in [4.69, 9.17) is 9.47 Å². The van der Waals surface area contributed by atoms with Gasteiger partial charge >= 0.3 is 11.9 Å². The van der Waals surface area contributed by atoms with Crippen LogP contribution < -0.4 is 5.56 Å². The lowest BCUT2D eigenvalue weighted by atomic mass is 10.2. The Hall–Kier alpha value is -2.22. The van der Waals surface area contributed by atoms with E-state index in [-0.39, 0.29) is 11.7 Å². The lowest BCUT2D eigenvalue weighted by Gasteiger charge is -2.18. The Labute approximate surface area is 143 Å². The molecule has 0 fully saturated rings. The van der Waals surface area contributed by atoms with Gasteiger partial charge in [-0.05, 0) is 32.8 Å². The molecule has 1 atom stereocenters. The van der Waals surface area contributed by atoms with Gasteiger partial charge < -0.3 is 9.47 Å². The lowest BCUT2D eigenvalue weighted by molar-refractivity contribution is -0.151. The van der Waals surface area contributed by atoms with Gasteiger partial charge in [-0.15, -0.1) is 11.3 Å². The smallest absolute Gasteiger partial charge is 0.348 e. The second kappa shape index (κ2) is 7.12. The molecule has 2 heterocycles. The third-order valence-corrected chi connectivity index (χ3v) is 4.77. The average molecular weight is 352 g/mol. The van der Waals surface area contributed by atoms with Crippen molar-refractivity contribution < 1.29 is 19.1 Å². The van der Waals surface area contributed by atoms with Crippen molar-refractivity contribution in [1.82, 2.24) is 9.55 Å². The van der Waals surface area contributed by atoms with Gasteiger partial charge in [0.1, 0.15) is 15.7 Å². The number of rotatable bonds is 5. The molecule has 0 unspecified atom stereocenters. The second-order valence-corrected chi connectivity index (χ2v) is 6.59. The summed E-state index contributed by atoms with van der Waals surface area (Å²) >= 11 is 1.10. The van der Waals surface area contributed by atoms with E-state index in [0.29, 0.717) is 27.1 Å². The lowest BCUT2D eigenvalue weighted by Crippen LogP contribution is -2.32. The maximum atomic E-state index is 12.8. The summed E-state index contributed by atoms with van der Waals surface area (Å²) in [6.07, 6.45) is 1.45. The largest absolute Gasteiger partial charge is 0.465 e. The molecular weight excluding hydrogens is 332 g/mol. The Balaban J connectivity index is 2.59. The van der Waals surface area contributed by atoms with Crippen LogP contribution in [0.4, 0.5) is 0 Å². The van der Waals surface area contributed by atoms with Crippen molar-refractivity contribution >= 4 is 33.5 Å². The molecule has 2 aromatic heterocycles. The second-order valence-electron chi connectivity index (χ2n) is 5.59. The Bertz CT molecular complexity index is 837. The predicted molar refractivity (Wildman–Crippen MR) is 90.5 cm³/mol.